The Kier molecular flexibility index (Phi) is 6.22. The zero-order valence-corrected chi connectivity index (χ0v) is 14.3. The van der Waals surface area contributed by atoms with Crippen molar-refractivity contribution in [3.8, 4) is 11.5 Å². The summed E-state index contributed by atoms with van der Waals surface area (Å²) < 4.78 is 10.3. The fourth-order valence-corrected chi connectivity index (χ4v) is 2.08. The highest BCUT2D eigenvalue weighted by atomic mass is 16.5. The molecular formula is C18H21N3O4. The van der Waals surface area contributed by atoms with Gasteiger partial charge in [-0.1, -0.05) is 18.2 Å². The van der Waals surface area contributed by atoms with Gasteiger partial charge in [0.05, 0.1) is 14.2 Å². The Morgan fingerprint density at radius 1 is 0.880 bits per heavy atom. The maximum atomic E-state index is 12.3. The minimum absolute atomic E-state index is 0.362. The van der Waals surface area contributed by atoms with Crippen LogP contribution in [0.15, 0.2) is 48.5 Å². The third-order valence-electron chi connectivity index (χ3n) is 3.39. The molecule has 25 heavy (non-hydrogen) atoms. The van der Waals surface area contributed by atoms with E-state index in [1.165, 1.54) is 14.2 Å². The van der Waals surface area contributed by atoms with Crippen LogP contribution in [0.1, 0.15) is 6.92 Å². The van der Waals surface area contributed by atoms with Gasteiger partial charge >= 0.3 is 6.03 Å². The van der Waals surface area contributed by atoms with Crippen LogP contribution in [0.4, 0.5) is 16.2 Å². The van der Waals surface area contributed by atoms with Crippen LogP contribution < -0.4 is 25.4 Å². The van der Waals surface area contributed by atoms with E-state index in [0.29, 0.717) is 22.9 Å². The molecule has 2 aromatic carbocycles. The fourth-order valence-electron chi connectivity index (χ4n) is 2.08. The topological polar surface area (TPSA) is 88.7 Å². The van der Waals surface area contributed by atoms with Gasteiger partial charge in [0.2, 0.25) is 5.91 Å². The minimum atomic E-state index is -0.735. The summed E-state index contributed by atoms with van der Waals surface area (Å²) in [5.41, 5.74) is 1.16. The maximum Gasteiger partial charge on any atom is 0.319 e. The predicted molar refractivity (Wildman–Crippen MR) is 96.2 cm³/mol. The van der Waals surface area contributed by atoms with Gasteiger partial charge < -0.3 is 25.4 Å². The standard InChI is InChI=1S/C18H21N3O4/c1-12(19-18(23)21-13-7-5-4-6-8-13)17(22)20-14-9-15(24-2)11-16(10-14)25-3/h4-12H,1-3H3,(H,20,22)(H2,19,21,23)/t12-/m0/s1. The van der Waals surface area contributed by atoms with Crippen LogP contribution in [0.3, 0.4) is 0 Å². The molecule has 3 N–H and O–H groups in total. The van der Waals surface area contributed by atoms with Crippen molar-refractivity contribution in [2.45, 2.75) is 13.0 Å². The molecule has 7 nitrogen and oxygen atoms in total. The van der Waals surface area contributed by atoms with Crippen LogP contribution in [-0.4, -0.2) is 32.2 Å². The average molecular weight is 343 g/mol. The second kappa shape index (κ2) is 8.58. The van der Waals surface area contributed by atoms with Crippen molar-refractivity contribution in [2.75, 3.05) is 24.9 Å². The number of para-hydroxylation sites is 1. The summed E-state index contributed by atoms with van der Waals surface area (Å²) in [5, 5.41) is 7.96. The van der Waals surface area contributed by atoms with Gasteiger partial charge in [0.25, 0.3) is 0 Å². The first-order valence-electron chi connectivity index (χ1n) is 7.68. The number of urea groups is 1. The Bertz CT molecular complexity index is 712. The molecule has 0 spiro atoms. The number of hydrogen-bond acceptors (Lipinski definition) is 4. The molecule has 0 aromatic heterocycles. The number of rotatable bonds is 6. The zero-order valence-electron chi connectivity index (χ0n) is 14.3. The molecule has 0 radical (unpaired) electrons. The lowest BCUT2D eigenvalue weighted by Gasteiger charge is -2.16. The molecule has 0 aliphatic carbocycles. The Labute approximate surface area is 146 Å². The molecule has 0 saturated carbocycles. The second-order valence-electron chi connectivity index (χ2n) is 5.28. The Morgan fingerprint density at radius 2 is 1.48 bits per heavy atom. The molecular weight excluding hydrogens is 322 g/mol. The largest absolute Gasteiger partial charge is 0.497 e. The number of methoxy groups -OCH3 is 2. The van der Waals surface area contributed by atoms with E-state index in [0.717, 1.165) is 0 Å². The lowest BCUT2D eigenvalue weighted by molar-refractivity contribution is -0.117. The first-order valence-corrected chi connectivity index (χ1v) is 7.68. The van der Waals surface area contributed by atoms with Crippen molar-refractivity contribution >= 4 is 23.3 Å². The molecule has 7 heteroatoms. The summed E-state index contributed by atoms with van der Waals surface area (Å²) in [6.07, 6.45) is 0. The summed E-state index contributed by atoms with van der Waals surface area (Å²) >= 11 is 0. The summed E-state index contributed by atoms with van der Waals surface area (Å²) in [5.74, 6) is 0.743. The molecule has 0 fully saturated rings. The molecule has 0 heterocycles. The van der Waals surface area contributed by atoms with E-state index in [1.807, 2.05) is 18.2 Å². The van der Waals surface area contributed by atoms with Crippen LogP contribution in [0.5, 0.6) is 11.5 Å². The van der Waals surface area contributed by atoms with Gasteiger partial charge in [-0.2, -0.15) is 0 Å². The highest BCUT2D eigenvalue weighted by Gasteiger charge is 2.16. The number of nitrogens with one attached hydrogen (secondary N) is 3. The van der Waals surface area contributed by atoms with Crippen molar-refractivity contribution in [1.29, 1.82) is 0 Å². The summed E-state index contributed by atoms with van der Waals surface area (Å²) in [6, 6.07) is 12.8. The third kappa shape index (κ3) is 5.42. The number of hydrogen-bond donors (Lipinski definition) is 3. The van der Waals surface area contributed by atoms with Gasteiger partial charge in [0, 0.05) is 29.6 Å². The fraction of sp³-hybridized carbons (Fsp3) is 0.222. The zero-order chi connectivity index (χ0) is 18.2. The van der Waals surface area contributed by atoms with Crippen LogP contribution in [0, 0.1) is 0 Å². The molecule has 1 atom stereocenters. The van der Waals surface area contributed by atoms with Crippen molar-refractivity contribution in [2.24, 2.45) is 0 Å². The highest BCUT2D eigenvalue weighted by Crippen LogP contribution is 2.25. The summed E-state index contributed by atoms with van der Waals surface area (Å²) in [6.45, 7) is 1.59. The normalized spacial score (nSPS) is 11.2. The van der Waals surface area contributed by atoms with Gasteiger partial charge in [-0.3, -0.25) is 4.79 Å². The SMILES string of the molecule is COc1cc(NC(=O)[C@H](C)NC(=O)Nc2ccccc2)cc(OC)c1. The van der Waals surface area contributed by atoms with E-state index < -0.39 is 12.1 Å². The lowest BCUT2D eigenvalue weighted by Crippen LogP contribution is -2.43. The molecule has 0 saturated heterocycles. The van der Waals surface area contributed by atoms with E-state index in [-0.39, 0.29) is 5.91 Å². The Hall–Kier alpha value is -3.22. The second-order valence-corrected chi connectivity index (χ2v) is 5.28. The van der Waals surface area contributed by atoms with Gasteiger partial charge in [0.15, 0.2) is 0 Å². The number of benzene rings is 2. The number of carbonyl (C=O) groups excluding carboxylic acids is 2. The minimum Gasteiger partial charge on any atom is -0.497 e. The average Bonchev–Trinajstić information content (AvgIpc) is 2.61. The number of carbonyl (C=O) groups is 2. The van der Waals surface area contributed by atoms with E-state index in [2.05, 4.69) is 16.0 Å². The molecule has 0 aliphatic heterocycles. The first-order chi connectivity index (χ1) is 12.0. The maximum absolute atomic E-state index is 12.3. The van der Waals surface area contributed by atoms with E-state index >= 15 is 0 Å². The van der Waals surface area contributed by atoms with Crippen molar-refractivity contribution in [3.63, 3.8) is 0 Å². The van der Waals surface area contributed by atoms with Crippen LogP contribution in [0.2, 0.25) is 0 Å². The van der Waals surface area contributed by atoms with Gasteiger partial charge in [0.1, 0.15) is 17.5 Å². The van der Waals surface area contributed by atoms with Gasteiger partial charge in [-0.05, 0) is 19.1 Å². The molecule has 132 valence electrons. The monoisotopic (exact) mass is 343 g/mol. The molecule has 2 rings (SSSR count). The summed E-state index contributed by atoms with van der Waals surface area (Å²) in [4.78, 5) is 24.2. The molecule has 2 aromatic rings. The predicted octanol–water partition coefficient (Wildman–Crippen LogP) is 2.85. The number of anilines is 2. The quantitative estimate of drug-likeness (QED) is 0.752. The Morgan fingerprint density at radius 3 is 2.04 bits per heavy atom. The first kappa shape index (κ1) is 18.1. The third-order valence-corrected chi connectivity index (χ3v) is 3.39. The summed E-state index contributed by atoms with van der Waals surface area (Å²) in [7, 11) is 3.05. The highest BCUT2D eigenvalue weighted by molar-refractivity contribution is 5.99. The molecule has 3 amide bonds. The van der Waals surface area contributed by atoms with E-state index in [9.17, 15) is 9.59 Å². The number of ether oxygens (including phenoxy) is 2. The van der Waals surface area contributed by atoms with Gasteiger partial charge in [-0.15, -0.1) is 0 Å². The van der Waals surface area contributed by atoms with E-state index in [4.69, 9.17) is 9.47 Å². The van der Waals surface area contributed by atoms with Crippen LogP contribution in [0.25, 0.3) is 0 Å². The lowest BCUT2D eigenvalue weighted by atomic mass is 10.2. The van der Waals surface area contributed by atoms with Crippen LogP contribution >= 0.6 is 0 Å². The van der Waals surface area contributed by atoms with Gasteiger partial charge in [-0.25, -0.2) is 4.79 Å². The van der Waals surface area contributed by atoms with Crippen molar-refractivity contribution in [3.05, 3.63) is 48.5 Å². The molecule has 0 aliphatic rings. The molecule has 0 bridgehead atoms. The smallest absolute Gasteiger partial charge is 0.319 e. The number of amides is 3. The van der Waals surface area contributed by atoms with Crippen molar-refractivity contribution in [1.82, 2.24) is 5.32 Å². The van der Waals surface area contributed by atoms with E-state index in [1.54, 1.807) is 37.3 Å². The van der Waals surface area contributed by atoms with Crippen LogP contribution in [-0.2, 0) is 4.79 Å². The van der Waals surface area contributed by atoms with Crippen molar-refractivity contribution < 1.29 is 19.1 Å². The molecule has 0 unspecified atom stereocenters. The Balaban J connectivity index is 1.95.